The van der Waals surface area contributed by atoms with Crippen LogP contribution in [0.1, 0.15) is 5.56 Å². The van der Waals surface area contributed by atoms with Gasteiger partial charge in [0.25, 0.3) is 5.24 Å². The van der Waals surface area contributed by atoms with Crippen LogP contribution < -0.4 is 4.74 Å². The van der Waals surface area contributed by atoms with Crippen LogP contribution in [-0.4, -0.2) is 11.8 Å². The Labute approximate surface area is 88.6 Å². The van der Waals surface area contributed by atoms with Gasteiger partial charge in [-0.05, 0) is 23.7 Å². The van der Waals surface area contributed by atoms with E-state index < -0.39 is 29.3 Å². The summed E-state index contributed by atoms with van der Waals surface area (Å²) >= 11 is 4.95. The van der Waals surface area contributed by atoms with Gasteiger partial charge in [0.2, 0.25) is 0 Å². The molecule has 1 rings (SSSR count). The zero-order valence-corrected chi connectivity index (χ0v) is 8.10. The Morgan fingerprint density at radius 2 is 1.93 bits per heavy atom. The summed E-state index contributed by atoms with van der Waals surface area (Å²) < 4.78 is 41.7. The van der Waals surface area contributed by atoms with Gasteiger partial charge in [-0.1, -0.05) is 12.1 Å². The number of rotatable bonds is 3. The molecule has 15 heavy (non-hydrogen) atoms. The molecule has 0 radical (unpaired) electrons. The summed E-state index contributed by atoms with van der Waals surface area (Å²) in [5.41, 5.74) is -0.928. The summed E-state index contributed by atoms with van der Waals surface area (Å²) in [6.07, 6.45) is -4.51. The highest BCUT2D eigenvalue weighted by atomic mass is 35.5. The quantitative estimate of drug-likeness (QED) is 0.757. The first-order valence-electron chi connectivity index (χ1n) is 3.88. The van der Waals surface area contributed by atoms with E-state index in [9.17, 15) is 18.0 Å². The molecule has 0 aliphatic carbocycles. The van der Waals surface area contributed by atoms with Crippen LogP contribution in [0.3, 0.4) is 0 Å². The topological polar surface area (TPSA) is 26.3 Å². The lowest BCUT2D eigenvalue weighted by atomic mass is 10.2. The third kappa shape index (κ3) is 3.43. The lowest BCUT2D eigenvalue weighted by Gasteiger charge is -2.12. The highest BCUT2D eigenvalue weighted by Crippen LogP contribution is 2.35. The molecule has 0 fully saturated rings. The van der Waals surface area contributed by atoms with Gasteiger partial charge in [0.05, 0.1) is 5.56 Å². The predicted molar refractivity (Wildman–Crippen MR) is 47.8 cm³/mol. The highest BCUT2D eigenvalue weighted by molar-refractivity contribution is 6.63. The Bertz CT molecular complexity index is 363. The van der Waals surface area contributed by atoms with Crippen molar-refractivity contribution in [1.29, 1.82) is 0 Å². The number of ether oxygens (including phenoxy) is 1. The summed E-state index contributed by atoms with van der Waals surface area (Å²) in [6, 6.07) is 4.61. The van der Waals surface area contributed by atoms with E-state index in [1.54, 1.807) is 0 Å². The van der Waals surface area contributed by atoms with Crippen LogP contribution in [0.25, 0.3) is 0 Å². The normalized spacial score (nSPS) is 11.2. The second-order valence-corrected chi connectivity index (χ2v) is 3.06. The van der Waals surface area contributed by atoms with Gasteiger partial charge in [0.1, 0.15) is 5.75 Å². The number of benzene rings is 1. The van der Waals surface area contributed by atoms with E-state index in [-0.39, 0.29) is 0 Å². The van der Waals surface area contributed by atoms with E-state index in [4.69, 9.17) is 11.6 Å². The zero-order chi connectivity index (χ0) is 11.5. The molecule has 1 aromatic carbocycles. The van der Waals surface area contributed by atoms with Gasteiger partial charge in [-0.25, -0.2) is 0 Å². The molecule has 0 atom stereocenters. The zero-order valence-electron chi connectivity index (χ0n) is 7.34. The maximum absolute atomic E-state index is 12.4. The molecule has 6 heteroatoms. The first kappa shape index (κ1) is 11.8. The van der Waals surface area contributed by atoms with Crippen LogP contribution in [-0.2, 0) is 11.0 Å². The maximum Gasteiger partial charge on any atom is 0.419 e. The van der Waals surface area contributed by atoms with Crippen LogP contribution in [0, 0.1) is 0 Å². The fourth-order valence-electron chi connectivity index (χ4n) is 0.961. The van der Waals surface area contributed by atoms with Crippen molar-refractivity contribution in [2.45, 2.75) is 6.18 Å². The van der Waals surface area contributed by atoms with Gasteiger partial charge in [-0.2, -0.15) is 13.2 Å². The van der Waals surface area contributed by atoms with Crippen molar-refractivity contribution in [2.75, 3.05) is 6.61 Å². The molecule has 0 bridgehead atoms. The van der Waals surface area contributed by atoms with E-state index in [1.165, 1.54) is 12.1 Å². The molecule has 0 aromatic heterocycles. The van der Waals surface area contributed by atoms with Crippen LogP contribution in [0.15, 0.2) is 24.3 Å². The van der Waals surface area contributed by atoms with Gasteiger partial charge in [-0.3, -0.25) is 4.79 Å². The summed E-state index contributed by atoms with van der Waals surface area (Å²) in [6.45, 7) is -0.589. The molecule has 2 nitrogen and oxygen atoms in total. The molecule has 0 amide bonds. The average Bonchev–Trinajstić information content (AvgIpc) is 2.13. The standard InChI is InChI=1S/C9H6ClF3O2/c10-8(14)5-15-7-4-2-1-3-6(7)9(11,12)13/h1-4H,5H2. The number of carbonyl (C=O) groups is 1. The van der Waals surface area contributed by atoms with E-state index in [2.05, 4.69) is 4.74 Å². The fraction of sp³-hybridized carbons (Fsp3) is 0.222. The van der Waals surface area contributed by atoms with Crippen LogP contribution in [0.2, 0.25) is 0 Å². The Kier molecular flexibility index (Phi) is 3.57. The average molecular weight is 239 g/mol. The minimum absolute atomic E-state index is 0.404. The van der Waals surface area contributed by atoms with Gasteiger partial charge >= 0.3 is 6.18 Å². The summed E-state index contributed by atoms with van der Waals surface area (Å²) in [5, 5.41) is -0.855. The van der Waals surface area contributed by atoms with E-state index in [0.717, 1.165) is 12.1 Å². The Hall–Kier alpha value is -1.23. The number of halogens is 4. The first-order chi connectivity index (χ1) is 6.91. The molecular weight excluding hydrogens is 233 g/mol. The molecule has 0 heterocycles. The lowest BCUT2D eigenvalue weighted by molar-refractivity contribution is -0.139. The van der Waals surface area contributed by atoms with Crippen molar-refractivity contribution in [1.82, 2.24) is 0 Å². The largest absolute Gasteiger partial charge is 0.484 e. The molecule has 0 aliphatic heterocycles. The third-order valence-electron chi connectivity index (χ3n) is 1.53. The van der Waals surface area contributed by atoms with Gasteiger partial charge < -0.3 is 4.74 Å². The van der Waals surface area contributed by atoms with Crippen molar-refractivity contribution in [2.24, 2.45) is 0 Å². The summed E-state index contributed by atoms with van der Waals surface area (Å²) in [7, 11) is 0. The third-order valence-corrected chi connectivity index (χ3v) is 1.64. The highest BCUT2D eigenvalue weighted by Gasteiger charge is 2.34. The second-order valence-electron chi connectivity index (χ2n) is 2.64. The Balaban J connectivity index is 2.92. The number of alkyl halides is 3. The number of carbonyl (C=O) groups excluding carboxylic acids is 1. The van der Waals surface area contributed by atoms with E-state index >= 15 is 0 Å². The van der Waals surface area contributed by atoms with Gasteiger partial charge in [0, 0.05) is 0 Å². The molecule has 0 saturated carbocycles. The maximum atomic E-state index is 12.4. The SMILES string of the molecule is O=C(Cl)COc1ccccc1C(F)(F)F. The van der Waals surface area contributed by atoms with Crippen molar-refractivity contribution in [3.05, 3.63) is 29.8 Å². The van der Waals surface area contributed by atoms with Crippen LogP contribution in [0.5, 0.6) is 5.75 Å². The molecular formula is C9H6ClF3O2. The molecule has 82 valence electrons. The second kappa shape index (κ2) is 4.53. The predicted octanol–water partition coefficient (Wildman–Crippen LogP) is 2.85. The van der Waals surface area contributed by atoms with E-state index in [0.29, 0.717) is 0 Å². The lowest BCUT2D eigenvalue weighted by Crippen LogP contribution is -2.11. The molecule has 0 saturated heterocycles. The minimum Gasteiger partial charge on any atom is -0.484 e. The smallest absolute Gasteiger partial charge is 0.419 e. The van der Waals surface area contributed by atoms with E-state index in [1.807, 2.05) is 0 Å². The monoisotopic (exact) mass is 238 g/mol. The number of hydrogen-bond donors (Lipinski definition) is 0. The fourth-order valence-corrected chi connectivity index (χ4v) is 1.02. The molecule has 1 aromatic rings. The van der Waals surface area contributed by atoms with Crippen molar-refractivity contribution in [3.63, 3.8) is 0 Å². The molecule has 0 spiro atoms. The van der Waals surface area contributed by atoms with Gasteiger partial charge in [0.15, 0.2) is 6.61 Å². The van der Waals surface area contributed by atoms with Crippen LogP contribution >= 0.6 is 11.6 Å². The molecule has 0 N–H and O–H groups in total. The van der Waals surface area contributed by atoms with Crippen LogP contribution in [0.4, 0.5) is 13.2 Å². The summed E-state index contributed by atoms with van der Waals surface area (Å²) in [5.74, 6) is -0.404. The first-order valence-corrected chi connectivity index (χ1v) is 4.26. The van der Waals surface area contributed by atoms with Crippen molar-refractivity contribution < 1.29 is 22.7 Å². The Morgan fingerprint density at radius 1 is 1.33 bits per heavy atom. The summed E-state index contributed by atoms with van der Waals surface area (Å²) in [4.78, 5) is 10.3. The number of para-hydroxylation sites is 1. The van der Waals surface area contributed by atoms with Gasteiger partial charge in [-0.15, -0.1) is 0 Å². The van der Waals surface area contributed by atoms with Crippen molar-refractivity contribution in [3.8, 4) is 5.75 Å². The molecule has 0 unspecified atom stereocenters. The number of hydrogen-bond acceptors (Lipinski definition) is 2. The van der Waals surface area contributed by atoms with Crippen molar-refractivity contribution >= 4 is 16.8 Å². The Morgan fingerprint density at radius 3 is 2.47 bits per heavy atom. The molecule has 0 aliphatic rings. The minimum atomic E-state index is -4.51.